The Morgan fingerprint density at radius 3 is 2.22 bits per heavy atom. The van der Waals surface area contributed by atoms with Crippen LogP contribution in [0.5, 0.6) is 17.2 Å². The van der Waals surface area contributed by atoms with Crippen LogP contribution in [0, 0.1) is 12.8 Å². The molecule has 2 aromatic carbocycles. The van der Waals surface area contributed by atoms with E-state index in [4.69, 9.17) is 14.6 Å². The van der Waals surface area contributed by atoms with E-state index in [0.717, 1.165) is 11.3 Å². The first-order chi connectivity index (χ1) is 12.8. The quantitative estimate of drug-likeness (QED) is 0.682. The number of aryl methyl sites for hydroxylation is 1. The summed E-state index contributed by atoms with van der Waals surface area (Å²) in [5.41, 5.74) is 1.56. The lowest BCUT2D eigenvalue weighted by Gasteiger charge is -2.20. The van der Waals surface area contributed by atoms with Crippen LogP contribution in [0.15, 0.2) is 42.5 Å². The zero-order valence-corrected chi connectivity index (χ0v) is 15.8. The SMILES string of the molecule is COc1cc(Oc2ccc(NC(=O)[C@H](NC(=O)O)C(C)C)cc2)ccc1C. The topological polar surface area (TPSA) is 96.9 Å². The predicted molar refractivity (Wildman–Crippen MR) is 103 cm³/mol. The van der Waals surface area contributed by atoms with Gasteiger partial charge in [0.2, 0.25) is 5.91 Å². The molecule has 0 bridgehead atoms. The lowest BCUT2D eigenvalue weighted by molar-refractivity contribution is -0.118. The summed E-state index contributed by atoms with van der Waals surface area (Å²) in [6.45, 7) is 5.49. The Kier molecular flexibility index (Phi) is 6.65. The molecule has 0 aromatic heterocycles. The van der Waals surface area contributed by atoms with Crippen LogP contribution in [-0.4, -0.2) is 30.3 Å². The minimum absolute atomic E-state index is 0.180. The highest BCUT2D eigenvalue weighted by atomic mass is 16.5. The minimum atomic E-state index is -1.24. The van der Waals surface area contributed by atoms with Crippen LogP contribution in [0.25, 0.3) is 0 Å². The zero-order valence-electron chi connectivity index (χ0n) is 15.8. The second-order valence-corrected chi connectivity index (χ2v) is 6.42. The molecule has 0 saturated carbocycles. The van der Waals surface area contributed by atoms with Gasteiger partial charge in [0, 0.05) is 11.8 Å². The largest absolute Gasteiger partial charge is 0.496 e. The normalized spacial score (nSPS) is 11.6. The van der Waals surface area contributed by atoms with Crippen LogP contribution in [0.1, 0.15) is 19.4 Å². The summed E-state index contributed by atoms with van der Waals surface area (Å²) in [4.78, 5) is 23.1. The van der Waals surface area contributed by atoms with Gasteiger partial charge in [-0.15, -0.1) is 0 Å². The van der Waals surface area contributed by atoms with E-state index >= 15 is 0 Å². The van der Waals surface area contributed by atoms with Gasteiger partial charge in [-0.05, 0) is 48.7 Å². The number of amides is 2. The second-order valence-electron chi connectivity index (χ2n) is 6.42. The Labute approximate surface area is 158 Å². The Morgan fingerprint density at radius 2 is 1.67 bits per heavy atom. The monoisotopic (exact) mass is 372 g/mol. The molecule has 0 aliphatic rings. The summed E-state index contributed by atoms with van der Waals surface area (Å²) in [5, 5.41) is 13.8. The van der Waals surface area contributed by atoms with E-state index in [1.54, 1.807) is 51.3 Å². The van der Waals surface area contributed by atoms with Gasteiger partial charge in [-0.2, -0.15) is 0 Å². The summed E-state index contributed by atoms with van der Waals surface area (Å²) >= 11 is 0. The Balaban J connectivity index is 2.04. The van der Waals surface area contributed by atoms with Crippen molar-refractivity contribution in [2.45, 2.75) is 26.8 Å². The van der Waals surface area contributed by atoms with E-state index in [1.807, 2.05) is 19.1 Å². The summed E-state index contributed by atoms with van der Waals surface area (Å²) < 4.78 is 11.1. The van der Waals surface area contributed by atoms with E-state index in [0.29, 0.717) is 17.2 Å². The van der Waals surface area contributed by atoms with Crippen molar-refractivity contribution in [1.29, 1.82) is 0 Å². The molecule has 2 aromatic rings. The van der Waals surface area contributed by atoms with Crippen LogP contribution >= 0.6 is 0 Å². The molecule has 1 atom stereocenters. The summed E-state index contributed by atoms with van der Waals surface area (Å²) in [6.07, 6.45) is -1.24. The lowest BCUT2D eigenvalue weighted by Crippen LogP contribution is -2.46. The van der Waals surface area contributed by atoms with Crippen LogP contribution in [0.4, 0.5) is 10.5 Å². The molecule has 2 rings (SSSR count). The number of carbonyl (C=O) groups is 2. The predicted octanol–water partition coefficient (Wildman–Crippen LogP) is 4.03. The van der Waals surface area contributed by atoms with Gasteiger partial charge in [0.15, 0.2) is 0 Å². The maximum absolute atomic E-state index is 12.3. The number of hydrogen-bond donors (Lipinski definition) is 3. The molecule has 0 saturated heterocycles. The highest BCUT2D eigenvalue weighted by molar-refractivity contribution is 5.96. The number of methoxy groups -OCH3 is 1. The molecular formula is C20H24N2O5. The van der Waals surface area contributed by atoms with Crippen LogP contribution in [-0.2, 0) is 4.79 Å². The van der Waals surface area contributed by atoms with Gasteiger partial charge in [-0.25, -0.2) is 4.79 Å². The number of anilines is 1. The number of carboxylic acid groups (broad SMARTS) is 1. The van der Waals surface area contributed by atoms with Crippen molar-refractivity contribution >= 4 is 17.7 Å². The van der Waals surface area contributed by atoms with E-state index in [9.17, 15) is 9.59 Å². The smallest absolute Gasteiger partial charge is 0.405 e. The maximum atomic E-state index is 12.3. The molecule has 0 heterocycles. The molecule has 27 heavy (non-hydrogen) atoms. The number of carbonyl (C=O) groups excluding carboxylic acids is 1. The van der Waals surface area contributed by atoms with Crippen LogP contribution in [0.2, 0.25) is 0 Å². The van der Waals surface area contributed by atoms with Gasteiger partial charge in [0.25, 0.3) is 0 Å². The molecule has 7 heteroatoms. The lowest BCUT2D eigenvalue weighted by atomic mass is 10.0. The Bertz CT molecular complexity index is 803. The highest BCUT2D eigenvalue weighted by Gasteiger charge is 2.24. The van der Waals surface area contributed by atoms with Gasteiger partial charge >= 0.3 is 6.09 Å². The third-order valence-electron chi connectivity index (χ3n) is 3.97. The second kappa shape index (κ2) is 8.93. The van der Waals surface area contributed by atoms with Crippen molar-refractivity contribution in [3.05, 3.63) is 48.0 Å². The molecule has 144 valence electrons. The van der Waals surface area contributed by atoms with E-state index in [1.165, 1.54) is 0 Å². The fraction of sp³-hybridized carbons (Fsp3) is 0.300. The molecule has 0 unspecified atom stereocenters. The highest BCUT2D eigenvalue weighted by Crippen LogP contribution is 2.28. The van der Waals surface area contributed by atoms with Crippen LogP contribution in [0.3, 0.4) is 0 Å². The van der Waals surface area contributed by atoms with Gasteiger partial charge in [0.1, 0.15) is 23.3 Å². The maximum Gasteiger partial charge on any atom is 0.405 e. The summed E-state index contributed by atoms with van der Waals surface area (Å²) in [6, 6.07) is 11.5. The molecule has 0 fully saturated rings. The number of rotatable bonds is 7. The fourth-order valence-corrected chi connectivity index (χ4v) is 2.49. The Hall–Kier alpha value is -3.22. The number of nitrogens with one attached hydrogen (secondary N) is 2. The van der Waals surface area contributed by atoms with Crippen LogP contribution < -0.4 is 20.1 Å². The zero-order chi connectivity index (χ0) is 20.0. The average molecular weight is 372 g/mol. The molecule has 0 spiro atoms. The first kappa shape index (κ1) is 20.1. The molecule has 3 N–H and O–H groups in total. The minimum Gasteiger partial charge on any atom is -0.496 e. The van der Waals surface area contributed by atoms with Gasteiger partial charge in [-0.1, -0.05) is 19.9 Å². The van der Waals surface area contributed by atoms with Crippen molar-refractivity contribution in [3.8, 4) is 17.2 Å². The van der Waals surface area contributed by atoms with Crippen molar-refractivity contribution in [2.24, 2.45) is 5.92 Å². The first-order valence-corrected chi connectivity index (χ1v) is 8.53. The third kappa shape index (κ3) is 5.64. The van der Waals surface area contributed by atoms with Crippen molar-refractivity contribution < 1.29 is 24.2 Å². The molecule has 2 amide bonds. The molecule has 0 radical (unpaired) electrons. The van der Waals surface area contributed by atoms with Gasteiger partial charge in [0.05, 0.1) is 7.11 Å². The average Bonchev–Trinajstić information content (AvgIpc) is 2.62. The molecular weight excluding hydrogens is 348 g/mol. The van der Waals surface area contributed by atoms with E-state index in [2.05, 4.69) is 10.6 Å². The third-order valence-corrected chi connectivity index (χ3v) is 3.97. The van der Waals surface area contributed by atoms with Crippen molar-refractivity contribution in [1.82, 2.24) is 5.32 Å². The number of hydrogen-bond acceptors (Lipinski definition) is 4. The number of ether oxygens (including phenoxy) is 2. The number of benzene rings is 2. The fourth-order valence-electron chi connectivity index (χ4n) is 2.49. The van der Waals surface area contributed by atoms with Gasteiger partial charge in [-0.3, -0.25) is 4.79 Å². The molecule has 7 nitrogen and oxygen atoms in total. The Morgan fingerprint density at radius 1 is 1.04 bits per heavy atom. The molecule has 0 aliphatic heterocycles. The first-order valence-electron chi connectivity index (χ1n) is 8.53. The summed E-state index contributed by atoms with van der Waals surface area (Å²) in [5.74, 6) is 1.38. The standard InChI is InChI=1S/C20H24N2O5/c1-12(2)18(22-20(24)25)19(23)21-14-6-9-15(10-7-14)27-16-8-5-13(3)17(11-16)26-4/h5-12,18,22H,1-4H3,(H,21,23)(H,24,25)/t18-/m1/s1. The van der Waals surface area contributed by atoms with E-state index < -0.39 is 18.0 Å². The van der Waals surface area contributed by atoms with Crippen molar-refractivity contribution in [3.63, 3.8) is 0 Å². The molecule has 0 aliphatic carbocycles. The van der Waals surface area contributed by atoms with Gasteiger partial charge < -0.3 is 25.2 Å². The van der Waals surface area contributed by atoms with Crippen molar-refractivity contribution in [2.75, 3.05) is 12.4 Å². The van der Waals surface area contributed by atoms with E-state index in [-0.39, 0.29) is 5.92 Å². The summed E-state index contributed by atoms with van der Waals surface area (Å²) in [7, 11) is 1.60.